The summed E-state index contributed by atoms with van der Waals surface area (Å²) in [6.07, 6.45) is 0. The summed E-state index contributed by atoms with van der Waals surface area (Å²) in [5.41, 5.74) is 1.65. The highest BCUT2D eigenvalue weighted by Crippen LogP contribution is 2.28. The molecule has 0 saturated carbocycles. The summed E-state index contributed by atoms with van der Waals surface area (Å²) in [5.74, 6) is 1.47. The van der Waals surface area contributed by atoms with Crippen LogP contribution in [0.2, 0.25) is 0 Å². The SMILES string of the molecule is CCn1c(SCc2cc(=O)n3c(C)csc3n2)nnc1-c1cccs1. The molecule has 9 heteroatoms. The normalized spacial score (nSPS) is 11.4. The van der Waals surface area contributed by atoms with Gasteiger partial charge in [0.05, 0.1) is 10.6 Å². The molecule has 128 valence electrons. The van der Waals surface area contributed by atoms with Gasteiger partial charge in [0, 0.05) is 29.4 Å². The Morgan fingerprint density at radius 1 is 1.28 bits per heavy atom. The van der Waals surface area contributed by atoms with Crippen LogP contribution in [0.25, 0.3) is 15.7 Å². The molecule has 6 nitrogen and oxygen atoms in total. The van der Waals surface area contributed by atoms with Gasteiger partial charge >= 0.3 is 0 Å². The van der Waals surface area contributed by atoms with Crippen molar-refractivity contribution in [2.45, 2.75) is 31.3 Å². The zero-order valence-electron chi connectivity index (χ0n) is 13.7. The van der Waals surface area contributed by atoms with E-state index < -0.39 is 0 Å². The standard InChI is InChI=1S/C16H15N5OS3/c1-3-20-14(12-5-4-6-23-12)18-19-16(20)25-9-11-7-13(22)21-10(2)8-24-15(21)17-11/h4-8H,3,9H2,1-2H3. The van der Waals surface area contributed by atoms with E-state index in [0.29, 0.717) is 5.75 Å². The molecule has 0 saturated heterocycles. The van der Waals surface area contributed by atoms with Crippen molar-refractivity contribution in [3.05, 3.63) is 50.7 Å². The van der Waals surface area contributed by atoms with Crippen LogP contribution in [0.5, 0.6) is 0 Å². The Hall–Kier alpha value is -1.97. The lowest BCUT2D eigenvalue weighted by atomic mass is 10.4. The Morgan fingerprint density at radius 3 is 2.92 bits per heavy atom. The highest BCUT2D eigenvalue weighted by atomic mass is 32.2. The second-order valence-corrected chi connectivity index (χ2v) is 8.12. The third-order valence-corrected chi connectivity index (χ3v) is 6.56. The molecule has 0 aliphatic heterocycles. The predicted octanol–water partition coefficient (Wildman–Crippen LogP) is 3.70. The number of hydrogen-bond donors (Lipinski definition) is 0. The third kappa shape index (κ3) is 3.03. The maximum Gasteiger partial charge on any atom is 0.258 e. The average molecular weight is 390 g/mol. The first-order valence-corrected chi connectivity index (χ1v) is 10.5. The van der Waals surface area contributed by atoms with Gasteiger partial charge < -0.3 is 4.57 Å². The second kappa shape index (κ2) is 6.74. The lowest BCUT2D eigenvalue weighted by molar-refractivity contribution is 0.688. The van der Waals surface area contributed by atoms with Gasteiger partial charge in [-0.15, -0.1) is 32.9 Å². The van der Waals surface area contributed by atoms with Crippen molar-refractivity contribution in [3.63, 3.8) is 0 Å². The van der Waals surface area contributed by atoms with Gasteiger partial charge in [-0.2, -0.15) is 0 Å². The van der Waals surface area contributed by atoms with E-state index in [2.05, 4.69) is 26.7 Å². The van der Waals surface area contributed by atoms with Crippen molar-refractivity contribution in [3.8, 4) is 10.7 Å². The van der Waals surface area contributed by atoms with E-state index in [4.69, 9.17) is 0 Å². The average Bonchev–Trinajstić information content (AvgIpc) is 3.32. The molecule has 25 heavy (non-hydrogen) atoms. The van der Waals surface area contributed by atoms with E-state index in [-0.39, 0.29) is 5.56 Å². The minimum Gasteiger partial charge on any atom is -0.302 e. The van der Waals surface area contributed by atoms with Crippen LogP contribution in [0.15, 0.2) is 38.9 Å². The quantitative estimate of drug-likeness (QED) is 0.487. The van der Waals surface area contributed by atoms with Crippen molar-refractivity contribution in [2.75, 3.05) is 0 Å². The lowest BCUT2D eigenvalue weighted by Gasteiger charge is -2.06. The van der Waals surface area contributed by atoms with Gasteiger partial charge in [-0.3, -0.25) is 9.20 Å². The number of nitrogens with zero attached hydrogens (tertiary/aromatic N) is 5. The van der Waals surface area contributed by atoms with Crippen molar-refractivity contribution in [2.24, 2.45) is 0 Å². The first kappa shape index (κ1) is 16.5. The summed E-state index contributed by atoms with van der Waals surface area (Å²) in [4.78, 5) is 18.7. The highest BCUT2D eigenvalue weighted by Gasteiger charge is 2.15. The molecule has 0 atom stereocenters. The zero-order chi connectivity index (χ0) is 17.4. The number of rotatable bonds is 5. The number of hydrogen-bond acceptors (Lipinski definition) is 7. The molecule has 0 fully saturated rings. The number of aromatic nitrogens is 5. The number of aryl methyl sites for hydroxylation is 1. The molecule has 4 heterocycles. The van der Waals surface area contributed by atoms with Crippen LogP contribution >= 0.6 is 34.4 Å². The topological polar surface area (TPSA) is 65.1 Å². The van der Waals surface area contributed by atoms with Gasteiger partial charge in [0.15, 0.2) is 15.9 Å². The molecule has 4 aromatic heterocycles. The molecule has 0 aliphatic carbocycles. The van der Waals surface area contributed by atoms with Crippen LogP contribution in [0, 0.1) is 6.92 Å². The number of thiazole rings is 1. The van der Waals surface area contributed by atoms with Crippen LogP contribution in [0.3, 0.4) is 0 Å². The van der Waals surface area contributed by atoms with Gasteiger partial charge in [-0.05, 0) is 25.3 Å². The maximum atomic E-state index is 12.3. The zero-order valence-corrected chi connectivity index (χ0v) is 16.1. The lowest BCUT2D eigenvalue weighted by Crippen LogP contribution is -2.14. The molecule has 0 unspecified atom stereocenters. The summed E-state index contributed by atoms with van der Waals surface area (Å²) in [7, 11) is 0. The summed E-state index contributed by atoms with van der Waals surface area (Å²) in [5, 5.41) is 13.5. The number of thioether (sulfide) groups is 1. The van der Waals surface area contributed by atoms with Gasteiger partial charge in [0.2, 0.25) is 0 Å². The Balaban J connectivity index is 1.61. The minimum absolute atomic E-state index is 0.0319. The fourth-order valence-electron chi connectivity index (χ4n) is 2.58. The molecule has 0 N–H and O–H groups in total. The fourth-order valence-corrected chi connectivity index (χ4v) is 5.08. The Morgan fingerprint density at radius 2 is 2.16 bits per heavy atom. The Labute approximate surface area is 156 Å². The highest BCUT2D eigenvalue weighted by molar-refractivity contribution is 7.98. The van der Waals surface area contributed by atoms with Crippen molar-refractivity contribution in [1.29, 1.82) is 0 Å². The van der Waals surface area contributed by atoms with E-state index in [0.717, 1.165) is 38.8 Å². The summed E-state index contributed by atoms with van der Waals surface area (Å²) in [6.45, 7) is 4.79. The Bertz CT molecular complexity index is 1080. The van der Waals surface area contributed by atoms with Gasteiger partial charge in [0.25, 0.3) is 5.56 Å². The molecule has 4 rings (SSSR count). The van der Waals surface area contributed by atoms with Crippen molar-refractivity contribution >= 4 is 39.4 Å². The number of thiophene rings is 1. The van der Waals surface area contributed by atoms with Crippen molar-refractivity contribution < 1.29 is 0 Å². The van der Waals surface area contributed by atoms with E-state index in [9.17, 15) is 4.79 Å². The first-order valence-electron chi connectivity index (χ1n) is 7.74. The van der Waals surface area contributed by atoms with Gasteiger partial charge in [-0.1, -0.05) is 17.8 Å². The molecular weight excluding hydrogens is 374 g/mol. The number of fused-ring (bicyclic) bond motifs is 1. The van der Waals surface area contributed by atoms with Gasteiger partial charge in [0.1, 0.15) is 0 Å². The smallest absolute Gasteiger partial charge is 0.258 e. The molecule has 0 aromatic carbocycles. The minimum atomic E-state index is -0.0319. The van der Waals surface area contributed by atoms with Crippen LogP contribution in [0.1, 0.15) is 18.3 Å². The molecule has 0 radical (unpaired) electrons. The van der Waals surface area contributed by atoms with Crippen LogP contribution < -0.4 is 5.56 Å². The Kier molecular flexibility index (Phi) is 4.45. The van der Waals surface area contributed by atoms with E-state index in [1.807, 2.05) is 29.8 Å². The third-order valence-electron chi connectivity index (χ3n) is 3.75. The molecule has 0 amide bonds. The van der Waals surface area contributed by atoms with E-state index in [1.165, 1.54) is 11.3 Å². The van der Waals surface area contributed by atoms with Crippen molar-refractivity contribution in [1.82, 2.24) is 24.1 Å². The molecule has 0 aliphatic rings. The fraction of sp³-hybridized carbons (Fsp3) is 0.250. The summed E-state index contributed by atoms with van der Waals surface area (Å²) < 4.78 is 3.74. The van der Waals surface area contributed by atoms with Crippen LogP contribution in [0.4, 0.5) is 0 Å². The summed E-state index contributed by atoms with van der Waals surface area (Å²) in [6, 6.07) is 5.66. The second-order valence-electron chi connectivity index (χ2n) is 5.40. The van der Waals surface area contributed by atoms with Crippen LogP contribution in [-0.2, 0) is 12.3 Å². The molecule has 4 aromatic rings. The maximum absolute atomic E-state index is 12.3. The van der Waals surface area contributed by atoms with Gasteiger partial charge in [-0.25, -0.2) is 4.98 Å². The largest absolute Gasteiger partial charge is 0.302 e. The monoisotopic (exact) mass is 389 g/mol. The molecular formula is C16H15N5OS3. The first-order chi connectivity index (χ1) is 12.2. The summed E-state index contributed by atoms with van der Waals surface area (Å²) >= 11 is 4.69. The van der Waals surface area contributed by atoms with E-state index in [1.54, 1.807) is 33.6 Å². The van der Waals surface area contributed by atoms with E-state index >= 15 is 0 Å². The molecule has 0 spiro atoms. The molecule has 0 bridgehead atoms. The predicted molar refractivity (Wildman–Crippen MR) is 103 cm³/mol. The van der Waals surface area contributed by atoms with Crippen LogP contribution in [-0.4, -0.2) is 24.1 Å².